The van der Waals surface area contributed by atoms with Gasteiger partial charge in [0.1, 0.15) is 5.76 Å². The van der Waals surface area contributed by atoms with Gasteiger partial charge in [-0.25, -0.2) is 0 Å². The summed E-state index contributed by atoms with van der Waals surface area (Å²) in [6, 6.07) is 0. The Morgan fingerprint density at radius 3 is 2.67 bits per heavy atom. The molecule has 1 atom stereocenters. The molecule has 0 saturated carbocycles. The summed E-state index contributed by atoms with van der Waals surface area (Å²) in [4.78, 5) is 0. The SMILES string of the molecule is CCNC1(C)C=CC(OC)=C1C. The van der Waals surface area contributed by atoms with Crippen molar-refractivity contribution in [2.45, 2.75) is 26.3 Å². The molecule has 0 fully saturated rings. The normalized spacial score (nSPS) is 28.3. The molecule has 1 N–H and O–H groups in total. The molecule has 0 aromatic carbocycles. The molecule has 0 amide bonds. The first kappa shape index (κ1) is 9.33. The van der Waals surface area contributed by atoms with E-state index in [0.29, 0.717) is 0 Å². The van der Waals surface area contributed by atoms with Crippen molar-refractivity contribution in [1.82, 2.24) is 5.32 Å². The van der Waals surface area contributed by atoms with E-state index in [4.69, 9.17) is 4.74 Å². The topological polar surface area (TPSA) is 21.3 Å². The number of likely N-dealkylation sites (N-methyl/N-ethyl adjacent to an activating group) is 1. The van der Waals surface area contributed by atoms with Gasteiger partial charge in [0, 0.05) is 0 Å². The highest BCUT2D eigenvalue weighted by atomic mass is 16.5. The number of methoxy groups -OCH3 is 1. The van der Waals surface area contributed by atoms with Gasteiger partial charge in [0.15, 0.2) is 0 Å². The third-order valence-electron chi connectivity index (χ3n) is 2.48. The molecule has 0 aromatic rings. The van der Waals surface area contributed by atoms with Crippen molar-refractivity contribution in [3.05, 3.63) is 23.5 Å². The maximum absolute atomic E-state index is 5.22. The second-order valence-electron chi connectivity index (χ2n) is 3.26. The summed E-state index contributed by atoms with van der Waals surface area (Å²) < 4.78 is 5.22. The van der Waals surface area contributed by atoms with Crippen LogP contribution in [0.25, 0.3) is 0 Å². The van der Waals surface area contributed by atoms with E-state index < -0.39 is 0 Å². The van der Waals surface area contributed by atoms with Gasteiger partial charge >= 0.3 is 0 Å². The summed E-state index contributed by atoms with van der Waals surface area (Å²) in [6.45, 7) is 7.34. The zero-order valence-electron chi connectivity index (χ0n) is 8.27. The number of hydrogen-bond donors (Lipinski definition) is 1. The molecule has 2 nitrogen and oxygen atoms in total. The Balaban J connectivity index is 2.84. The maximum atomic E-state index is 5.22. The van der Waals surface area contributed by atoms with Crippen LogP contribution in [0.4, 0.5) is 0 Å². The van der Waals surface area contributed by atoms with Crippen molar-refractivity contribution in [1.29, 1.82) is 0 Å². The number of rotatable bonds is 3. The summed E-state index contributed by atoms with van der Waals surface area (Å²) in [6.07, 6.45) is 4.17. The molecule has 12 heavy (non-hydrogen) atoms. The van der Waals surface area contributed by atoms with Crippen LogP contribution in [0.2, 0.25) is 0 Å². The van der Waals surface area contributed by atoms with Crippen molar-refractivity contribution < 1.29 is 4.74 Å². The van der Waals surface area contributed by atoms with Crippen LogP contribution in [-0.4, -0.2) is 19.2 Å². The van der Waals surface area contributed by atoms with Crippen LogP contribution in [0.5, 0.6) is 0 Å². The molecular formula is C10H17NO. The minimum atomic E-state index is 0.0000926. The average molecular weight is 167 g/mol. The molecule has 2 heteroatoms. The van der Waals surface area contributed by atoms with Crippen LogP contribution in [0.1, 0.15) is 20.8 Å². The molecule has 0 spiro atoms. The number of hydrogen-bond acceptors (Lipinski definition) is 2. The molecule has 0 radical (unpaired) electrons. The van der Waals surface area contributed by atoms with Crippen molar-refractivity contribution in [2.24, 2.45) is 0 Å². The van der Waals surface area contributed by atoms with E-state index in [2.05, 4.69) is 32.2 Å². The van der Waals surface area contributed by atoms with E-state index >= 15 is 0 Å². The van der Waals surface area contributed by atoms with Crippen molar-refractivity contribution in [3.63, 3.8) is 0 Å². The highest BCUT2D eigenvalue weighted by Crippen LogP contribution is 2.28. The molecule has 1 rings (SSSR count). The van der Waals surface area contributed by atoms with Crippen LogP contribution >= 0.6 is 0 Å². The fraction of sp³-hybridized carbons (Fsp3) is 0.600. The van der Waals surface area contributed by atoms with Gasteiger partial charge in [-0.3, -0.25) is 0 Å². The number of ether oxygens (including phenoxy) is 1. The molecule has 68 valence electrons. The minimum absolute atomic E-state index is 0.0000926. The summed E-state index contributed by atoms with van der Waals surface area (Å²) in [5.74, 6) is 0.985. The average Bonchev–Trinajstić information content (AvgIpc) is 2.30. The van der Waals surface area contributed by atoms with Crippen molar-refractivity contribution >= 4 is 0 Å². The summed E-state index contributed by atoms with van der Waals surface area (Å²) in [5.41, 5.74) is 1.26. The van der Waals surface area contributed by atoms with Gasteiger partial charge in [-0.2, -0.15) is 0 Å². The lowest BCUT2D eigenvalue weighted by Gasteiger charge is -2.25. The summed E-state index contributed by atoms with van der Waals surface area (Å²) >= 11 is 0. The number of allylic oxidation sites excluding steroid dienone is 1. The van der Waals surface area contributed by atoms with E-state index in [1.54, 1.807) is 7.11 Å². The Labute approximate surface area is 74.3 Å². The molecule has 0 aromatic heterocycles. The molecule has 0 saturated heterocycles. The fourth-order valence-corrected chi connectivity index (χ4v) is 1.53. The summed E-state index contributed by atoms with van der Waals surface area (Å²) in [5, 5.41) is 3.41. The predicted molar refractivity (Wildman–Crippen MR) is 50.9 cm³/mol. The van der Waals surface area contributed by atoms with E-state index in [9.17, 15) is 0 Å². The second kappa shape index (κ2) is 3.31. The molecule has 0 aliphatic heterocycles. The van der Waals surface area contributed by atoms with Crippen LogP contribution < -0.4 is 5.32 Å². The predicted octanol–water partition coefficient (Wildman–Crippen LogP) is 1.84. The molecule has 0 heterocycles. The smallest absolute Gasteiger partial charge is 0.119 e. The van der Waals surface area contributed by atoms with Gasteiger partial charge < -0.3 is 10.1 Å². The standard InChI is InChI=1S/C10H17NO/c1-5-11-10(3)7-6-9(12-4)8(10)2/h6-7,11H,5H2,1-4H3. The fourth-order valence-electron chi connectivity index (χ4n) is 1.53. The van der Waals surface area contributed by atoms with E-state index in [-0.39, 0.29) is 5.54 Å². The monoisotopic (exact) mass is 167 g/mol. The minimum Gasteiger partial charge on any atom is -0.497 e. The van der Waals surface area contributed by atoms with Crippen molar-refractivity contribution in [2.75, 3.05) is 13.7 Å². The Bertz CT molecular complexity index is 230. The lowest BCUT2D eigenvalue weighted by molar-refractivity contribution is 0.300. The van der Waals surface area contributed by atoms with E-state index in [1.807, 2.05) is 6.08 Å². The lowest BCUT2D eigenvalue weighted by atomic mass is 9.96. The molecule has 1 unspecified atom stereocenters. The van der Waals surface area contributed by atoms with Gasteiger partial charge in [0.2, 0.25) is 0 Å². The van der Waals surface area contributed by atoms with Crippen LogP contribution in [0.3, 0.4) is 0 Å². The Hall–Kier alpha value is -0.760. The first-order valence-electron chi connectivity index (χ1n) is 4.33. The lowest BCUT2D eigenvalue weighted by Crippen LogP contribution is -2.40. The first-order valence-corrected chi connectivity index (χ1v) is 4.33. The Morgan fingerprint density at radius 2 is 2.25 bits per heavy atom. The van der Waals surface area contributed by atoms with Gasteiger partial charge in [-0.15, -0.1) is 0 Å². The molecule has 1 aliphatic rings. The highest BCUT2D eigenvalue weighted by molar-refractivity contribution is 5.40. The van der Waals surface area contributed by atoms with E-state index in [1.165, 1.54) is 5.57 Å². The zero-order chi connectivity index (χ0) is 9.19. The third-order valence-corrected chi connectivity index (χ3v) is 2.48. The van der Waals surface area contributed by atoms with Crippen molar-refractivity contribution in [3.8, 4) is 0 Å². The summed E-state index contributed by atoms with van der Waals surface area (Å²) in [7, 11) is 1.71. The van der Waals surface area contributed by atoms with Gasteiger partial charge in [-0.1, -0.05) is 13.0 Å². The second-order valence-corrected chi connectivity index (χ2v) is 3.26. The van der Waals surface area contributed by atoms with Gasteiger partial charge in [0.25, 0.3) is 0 Å². The maximum Gasteiger partial charge on any atom is 0.119 e. The van der Waals surface area contributed by atoms with Crippen LogP contribution in [-0.2, 0) is 4.74 Å². The molecule has 1 aliphatic carbocycles. The zero-order valence-corrected chi connectivity index (χ0v) is 8.27. The first-order chi connectivity index (χ1) is 5.64. The number of nitrogens with one attached hydrogen (secondary N) is 1. The third kappa shape index (κ3) is 1.39. The molecular weight excluding hydrogens is 150 g/mol. The molecule has 0 bridgehead atoms. The van der Waals surface area contributed by atoms with Crippen LogP contribution in [0, 0.1) is 0 Å². The Morgan fingerprint density at radius 1 is 1.58 bits per heavy atom. The van der Waals surface area contributed by atoms with Gasteiger partial charge in [-0.05, 0) is 32.0 Å². The van der Waals surface area contributed by atoms with E-state index in [0.717, 1.165) is 12.3 Å². The quantitative estimate of drug-likeness (QED) is 0.692. The Kier molecular flexibility index (Phi) is 2.58. The van der Waals surface area contributed by atoms with Gasteiger partial charge in [0.05, 0.1) is 12.6 Å². The highest BCUT2D eigenvalue weighted by Gasteiger charge is 2.28. The largest absolute Gasteiger partial charge is 0.497 e. The van der Waals surface area contributed by atoms with Crippen LogP contribution in [0.15, 0.2) is 23.5 Å².